The number of hydrogen-bond acceptors (Lipinski definition) is 3. The van der Waals surface area contributed by atoms with Crippen molar-refractivity contribution >= 4 is 15.5 Å². The molecule has 0 radical (unpaired) electrons. The number of benzene rings is 1. The molecule has 1 aliphatic heterocycles. The van der Waals surface area contributed by atoms with Crippen molar-refractivity contribution in [1.82, 2.24) is 0 Å². The van der Waals surface area contributed by atoms with E-state index in [4.69, 9.17) is 0 Å². The van der Waals surface area contributed by atoms with E-state index in [0.717, 1.165) is 25.7 Å². The molecule has 2 aliphatic rings. The van der Waals surface area contributed by atoms with Gasteiger partial charge in [-0.05, 0) is 69.1 Å². The minimum absolute atomic E-state index is 0.0998. The first-order valence-electron chi connectivity index (χ1n) is 9.19. The van der Waals surface area contributed by atoms with Gasteiger partial charge in [-0.15, -0.1) is 0 Å². The summed E-state index contributed by atoms with van der Waals surface area (Å²) in [4.78, 5) is 4.29. The van der Waals surface area contributed by atoms with Crippen molar-refractivity contribution in [3.8, 4) is 0 Å². The lowest BCUT2D eigenvalue weighted by molar-refractivity contribution is 0.316. The number of hydrogen-bond donors (Lipinski definition) is 0. The predicted molar refractivity (Wildman–Crippen MR) is 100 cm³/mol. The fourth-order valence-corrected chi connectivity index (χ4v) is 5.19. The van der Waals surface area contributed by atoms with Crippen molar-refractivity contribution in [2.24, 2.45) is 16.8 Å². The van der Waals surface area contributed by atoms with Gasteiger partial charge in [0.25, 0.3) is 0 Å². The highest BCUT2D eigenvalue weighted by Crippen LogP contribution is 2.38. The maximum absolute atomic E-state index is 14.9. The van der Waals surface area contributed by atoms with Crippen molar-refractivity contribution in [3.63, 3.8) is 0 Å². The third-order valence-electron chi connectivity index (χ3n) is 5.52. The zero-order valence-corrected chi connectivity index (χ0v) is 16.0. The van der Waals surface area contributed by atoms with Crippen molar-refractivity contribution in [1.29, 1.82) is 0 Å². The molecule has 1 heterocycles. The first-order valence-corrected chi connectivity index (χ1v) is 10.9. The van der Waals surface area contributed by atoms with Crippen LogP contribution in [0, 0.1) is 17.7 Å². The van der Waals surface area contributed by atoms with Gasteiger partial charge in [0.2, 0.25) is 0 Å². The lowest BCUT2D eigenvalue weighted by atomic mass is 9.79. The summed E-state index contributed by atoms with van der Waals surface area (Å²) in [7, 11) is -3.04. The number of allylic oxidation sites excluding steroid dienone is 1. The number of sulfone groups is 1. The van der Waals surface area contributed by atoms with Gasteiger partial charge in [0.05, 0.1) is 17.5 Å². The minimum atomic E-state index is -3.04. The van der Waals surface area contributed by atoms with E-state index in [9.17, 15) is 17.2 Å². The SMILES string of the molecule is CC(C)S(=O)(=O)CC1CCC(C2=C(F)C(c3cccc(F)c3)=NC2)CC1. The van der Waals surface area contributed by atoms with Gasteiger partial charge in [-0.25, -0.2) is 17.2 Å². The van der Waals surface area contributed by atoms with Crippen LogP contribution >= 0.6 is 0 Å². The molecule has 0 N–H and O–H groups in total. The second kappa shape index (κ2) is 7.59. The van der Waals surface area contributed by atoms with Crippen LogP contribution in [0.25, 0.3) is 0 Å². The van der Waals surface area contributed by atoms with E-state index < -0.39 is 15.7 Å². The highest BCUT2D eigenvalue weighted by Gasteiger charge is 2.32. The molecule has 26 heavy (non-hydrogen) atoms. The Hall–Kier alpha value is -1.56. The van der Waals surface area contributed by atoms with E-state index in [1.54, 1.807) is 26.0 Å². The molecule has 0 saturated heterocycles. The number of aliphatic imine (C=N–C) groups is 1. The van der Waals surface area contributed by atoms with E-state index in [1.165, 1.54) is 12.1 Å². The zero-order valence-electron chi connectivity index (χ0n) is 15.2. The first kappa shape index (κ1) is 19.2. The molecule has 1 fully saturated rings. The standard InChI is InChI=1S/C20H25F2NO2S/c1-13(2)26(24,25)12-14-6-8-15(9-7-14)18-11-23-20(19(18)22)16-4-3-5-17(21)10-16/h3-5,10,13-15H,6-9,11-12H2,1-2H3. The number of nitrogens with zero attached hydrogens (tertiary/aromatic N) is 1. The molecule has 0 amide bonds. The zero-order chi connectivity index (χ0) is 18.9. The van der Waals surface area contributed by atoms with Gasteiger partial charge in [-0.1, -0.05) is 12.1 Å². The summed E-state index contributed by atoms with van der Waals surface area (Å²) in [6.45, 7) is 3.74. The molecule has 3 nitrogen and oxygen atoms in total. The first-order chi connectivity index (χ1) is 12.3. The number of halogens is 2. The van der Waals surface area contributed by atoms with Crippen LogP contribution in [0.5, 0.6) is 0 Å². The molecular weight excluding hydrogens is 356 g/mol. The third-order valence-corrected chi connectivity index (χ3v) is 7.89. The fourth-order valence-electron chi connectivity index (χ4n) is 3.82. The Balaban J connectivity index is 1.65. The van der Waals surface area contributed by atoms with E-state index in [1.807, 2.05) is 0 Å². The molecule has 0 aromatic heterocycles. The van der Waals surface area contributed by atoms with Crippen LogP contribution in [-0.2, 0) is 9.84 Å². The summed E-state index contributed by atoms with van der Waals surface area (Å²) in [5.74, 6) is -0.244. The summed E-state index contributed by atoms with van der Waals surface area (Å²) in [5, 5.41) is -0.350. The molecule has 1 saturated carbocycles. The van der Waals surface area contributed by atoms with Gasteiger partial charge in [0.15, 0.2) is 9.84 Å². The summed E-state index contributed by atoms with van der Waals surface area (Å²) in [5.41, 5.74) is 1.40. The molecule has 0 unspecified atom stereocenters. The monoisotopic (exact) mass is 381 g/mol. The highest BCUT2D eigenvalue weighted by molar-refractivity contribution is 7.91. The molecule has 1 aromatic rings. The molecule has 6 heteroatoms. The Labute approximate surface area is 154 Å². The topological polar surface area (TPSA) is 46.5 Å². The normalized spacial score (nSPS) is 24.3. The average molecular weight is 381 g/mol. The van der Waals surface area contributed by atoms with Crippen LogP contribution in [-0.4, -0.2) is 31.7 Å². The van der Waals surface area contributed by atoms with E-state index in [2.05, 4.69) is 4.99 Å². The highest BCUT2D eigenvalue weighted by atomic mass is 32.2. The van der Waals surface area contributed by atoms with Gasteiger partial charge >= 0.3 is 0 Å². The summed E-state index contributed by atoms with van der Waals surface area (Å²) >= 11 is 0. The Morgan fingerprint density at radius 3 is 2.46 bits per heavy atom. The van der Waals surface area contributed by atoms with Gasteiger partial charge in [0.1, 0.15) is 17.4 Å². The summed E-state index contributed by atoms with van der Waals surface area (Å²) in [6.07, 6.45) is 3.16. The third kappa shape index (κ3) is 4.05. The minimum Gasteiger partial charge on any atom is -0.277 e. The van der Waals surface area contributed by atoms with E-state index in [-0.39, 0.29) is 34.4 Å². The molecule has 1 aromatic carbocycles. The van der Waals surface area contributed by atoms with Crippen molar-refractivity contribution in [2.75, 3.05) is 12.3 Å². The molecule has 0 spiro atoms. The largest absolute Gasteiger partial charge is 0.277 e. The number of rotatable bonds is 5. The second-order valence-corrected chi connectivity index (χ2v) is 10.2. The van der Waals surface area contributed by atoms with E-state index >= 15 is 0 Å². The van der Waals surface area contributed by atoms with Gasteiger partial charge in [-0.2, -0.15) is 0 Å². The second-order valence-electron chi connectivity index (χ2n) is 7.61. The molecule has 0 atom stereocenters. The molecular formula is C20H25F2NO2S. The van der Waals surface area contributed by atoms with Crippen LogP contribution in [0.15, 0.2) is 40.7 Å². The van der Waals surface area contributed by atoms with Crippen LogP contribution < -0.4 is 0 Å². The molecule has 142 valence electrons. The van der Waals surface area contributed by atoms with Crippen LogP contribution in [0.4, 0.5) is 8.78 Å². The van der Waals surface area contributed by atoms with E-state index in [0.29, 0.717) is 17.7 Å². The van der Waals surface area contributed by atoms with Crippen molar-refractivity contribution in [2.45, 2.75) is 44.8 Å². The average Bonchev–Trinajstić information content (AvgIpc) is 2.97. The van der Waals surface area contributed by atoms with Crippen molar-refractivity contribution in [3.05, 3.63) is 47.0 Å². The quantitative estimate of drug-likeness (QED) is 0.755. The lowest BCUT2D eigenvalue weighted by Gasteiger charge is -2.29. The Kier molecular flexibility index (Phi) is 5.61. The molecule has 0 bridgehead atoms. The maximum Gasteiger partial charge on any atom is 0.152 e. The maximum atomic E-state index is 14.9. The summed E-state index contributed by atoms with van der Waals surface area (Å²) < 4.78 is 52.4. The van der Waals surface area contributed by atoms with Crippen LogP contribution in [0.2, 0.25) is 0 Å². The van der Waals surface area contributed by atoms with Crippen LogP contribution in [0.3, 0.4) is 0 Å². The molecule has 3 rings (SSSR count). The Bertz CT molecular complexity index is 835. The van der Waals surface area contributed by atoms with Crippen LogP contribution in [0.1, 0.15) is 45.1 Å². The Morgan fingerprint density at radius 1 is 1.15 bits per heavy atom. The molecule has 1 aliphatic carbocycles. The predicted octanol–water partition coefficient (Wildman–Crippen LogP) is 4.48. The smallest absolute Gasteiger partial charge is 0.152 e. The Morgan fingerprint density at radius 2 is 1.85 bits per heavy atom. The van der Waals surface area contributed by atoms with Crippen molar-refractivity contribution < 1.29 is 17.2 Å². The van der Waals surface area contributed by atoms with Gasteiger partial charge < -0.3 is 0 Å². The van der Waals surface area contributed by atoms with Gasteiger partial charge in [0, 0.05) is 5.56 Å². The van der Waals surface area contributed by atoms with Gasteiger partial charge in [-0.3, -0.25) is 4.99 Å². The summed E-state index contributed by atoms with van der Waals surface area (Å²) in [6, 6.07) is 5.85. The lowest BCUT2D eigenvalue weighted by Crippen LogP contribution is -2.27. The fraction of sp³-hybridized carbons (Fsp3) is 0.550.